The van der Waals surface area contributed by atoms with Gasteiger partial charge in [-0.25, -0.2) is 9.97 Å². The smallest absolute Gasteiger partial charge is 0.132 e. The van der Waals surface area contributed by atoms with Crippen LogP contribution < -0.4 is 0 Å². The Morgan fingerprint density at radius 1 is 1.12 bits per heavy atom. The van der Waals surface area contributed by atoms with Gasteiger partial charge in [-0.05, 0) is 29.7 Å². The van der Waals surface area contributed by atoms with Crippen molar-refractivity contribution in [1.29, 1.82) is 0 Å². The van der Waals surface area contributed by atoms with Crippen LogP contribution in [0.2, 0.25) is 0 Å². The average Bonchev–Trinajstić information content (AvgIpc) is 2.32. The first-order valence-corrected chi connectivity index (χ1v) is 6.50. The van der Waals surface area contributed by atoms with Gasteiger partial charge in [-0.15, -0.1) is 0 Å². The summed E-state index contributed by atoms with van der Waals surface area (Å²) >= 11 is 3.43. The summed E-state index contributed by atoms with van der Waals surface area (Å²) < 4.78 is 1.10. The molecular weight excluding hydrogens is 276 g/mol. The fourth-order valence-electron chi connectivity index (χ4n) is 1.61. The minimum absolute atomic E-state index is 0.446. The first-order chi connectivity index (χ1) is 8.15. The molecule has 0 bridgehead atoms. The molecule has 1 heterocycles. The fraction of sp³-hybridized carbons (Fsp3) is 0.286. The summed E-state index contributed by atoms with van der Waals surface area (Å²) in [6.45, 7) is 4.29. The van der Waals surface area contributed by atoms with Gasteiger partial charge in [0, 0.05) is 22.8 Å². The van der Waals surface area contributed by atoms with Crippen LogP contribution in [0.5, 0.6) is 0 Å². The molecule has 0 aliphatic heterocycles. The van der Waals surface area contributed by atoms with E-state index in [0.29, 0.717) is 5.92 Å². The molecule has 2 rings (SSSR count). The zero-order valence-electron chi connectivity index (χ0n) is 10.0. The van der Waals surface area contributed by atoms with Gasteiger partial charge >= 0.3 is 0 Å². The second-order valence-electron chi connectivity index (χ2n) is 4.36. The van der Waals surface area contributed by atoms with Crippen molar-refractivity contribution < 1.29 is 0 Å². The largest absolute Gasteiger partial charge is 0.241 e. The SMILES string of the molecule is CC(C)c1ccnc(Cc2ccc(Br)cc2)n1. The molecule has 1 aromatic carbocycles. The first kappa shape index (κ1) is 12.2. The maximum atomic E-state index is 4.57. The fourth-order valence-corrected chi connectivity index (χ4v) is 1.87. The van der Waals surface area contributed by atoms with Crippen molar-refractivity contribution in [1.82, 2.24) is 9.97 Å². The van der Waals surface area contributed by atoms with Crippen molar-refractivity contribution in [2.24, 2.45) is 0 Å². The number of benzene rings is 1. The van der Waals surface area contributed by atoms with Gasteiger partial charge < -0.3 is 0 Å². The molecule has 0 unspecified atom stereocenters. The van der Waals surface area contributed by atoms with E-state index < -0.39 is 0 Å². The van der Waals surface area contributed by atoms with Gasteiger partial charge in [0.25, 0.3) is 0 Å². The van der Waals surface area contributed by atoms with E-state index in [1.807, 2.05) is 24.4 Å². The quantitative estimate of drug-likeness (QED) is 0.855. The molecule has 1 aromatic heterocycles. The van der Waals surface area contributed by atoms with Crippen LogP contribution in [0.1, 0.15) is 36.8 Å². The number of aromatic nitrogens is 2. The molecule has 0 aliphatic carbocycles. The lowest BCUT2D eigenvalue weighted by atomic mass is 10.1. The second kappa shape index (κ2) is 5.41. The molecule has 0 atom stereocenters. The van der Waals surface area contributed by atoms with Crippen LogP contribution in [0.15, 0.2) is 41.0 Å². The number of halogens is 1. The van der Waals surface area contributed by atoms with E-state index in [-0.39, 0.29) is 0 Å². The molecular formula is C14H15BrN2. The Morgan fingerprint density at radius 3 is 2.47 bits per heavy atom. The predicted molar refractivity (Wildman–Crippen MR) is 73.1 cm³/mol. The summed E-state index contributed by atoms with van der Waals surface area (Å²) in [4.78, 5) is 8.88. The van der Waals surface area contributed by atoms with Gasteiger partial charge in [0.1, 0.15) is 5.82 Å². The molecule has 0 radical (unpaired) electrons. The minimum Gasteiger partial charge on any atom is -0.241 e. The Morgan fingerprint density at radius 2 is 1.82 bits per heavy atom. The highest BCUT2D eigenvalue weighted by Crippen LogP contribution is 2.14. The van der Waals surface area contributed by atoms with Crippen LogP contribution in [0.3, 0.4) is 0 Å². The summed E-state index contributed by atoms with van der Waals surface area (Å²) in [6, 6.07) is 10.3. The molecule has 0 aliphatic rings. The van der Waals surface area contributed by atoms with Crippen molar-refractivity contribution >= 4 is 15.9 Å². The first-order valence-electron chi connectivity index (χ1n) is 5.71. The highest BCUT2D eigenvalue weighted by atomic mass is 79.9. The molecule has 17 heavy (non-hydrogen) atoms. The molecule has 0 spiro atoms. The van der Waals surface area contributed by atoms with E-state index in [4.69, 9.17) is 0 Å². The van der Waals surface area contributed by atoms with Crippen LogP contribution in [-0.2, 0) is 6.42 Å². The highest BCUT2D eigenvalue weighted by molar-refractivity contribution is 9.10. The number of hydrogen-bond acceptors (Lipinski definition) is 2. The number of rotatable bonds is 3. The normalized spacial score (nSPS) is 10.8. The van der Waals surface area contributed by atoms with Crippen molar-refractivity contribution in [2.45, 2.75) is 26.2 Å². The minimum atomic E-state index is 0.446. The second-order valence-corrected chi connectivity index (χ2v) is 5.27. The van der Waals surface area contributed by atoms with Gasteiger partial charge in [-0.2, -0.15) is 0 Å². The summed E-state index contributed by atoms with van der Waals surface area (Å²) in [5.41, 5.74) is 2.33. The van der Waals surface area contributed by atoms with Gasteiger partial charge in [0.2, 0.25) is 0 Å². The summed E-state index contributed by atoms with van der Waals surface area (Å²) in [7, 11) is 0. The zero-order chi connectivity index (χ0) is 12.3. The summed E-state index contributed by atoms with van der Waals surface area (Å²) in [6.07, 6.45) is 2.63. The van der Waals surface area contributed by atoms with Crippen molar-refractivity contribution in [2.75, 3.05) is 0 Å². The Bertz CT molecular complexity index is 492. The third-order valence-corrected chi connectivity index (χ3v) is 3.12. The van der Waals surface area contributed by atoms with Crippen LogP contribution >= 0.6 is 15.9 Å². The number of nitrogens with zero attached hydrogens (tertiary/aromatic N) is 2. The van der Waals surface area contributed by atoms with Crippen molar-refractivity contribution in [3.8, 4) is 0 Å². The maximum Gasteiger partial charge on any atom is 0.132 e. The Kier molecular flexibility index (Phi) is 3.89. The molecule has 88 valence electrons. The van der Waals surface area contributed by atoms with E-state index in [2.05, 4.69) is 51.9 Å². The average molecular weight is 291 g/mol. The summed E-state index contributed by atoms with van der Waals surface area (Å²) in [5, 5.41) is 0. The molecule has 0 fully saturated rings. The zero-order valence-corrected chi connectivity index (χ0v) is 11.6. The monoisotopic (exact) mass is 290 g/mol. The lowest BCUT2D eigenvalue weighted by Crippen LogP contribution is -2.01. The highest BCUT2D eigenvalue weighted by Gasteiger charge is 2.04. The topological polar surface area (TPSA) is 25.8 Å². The van der Waals surface area contributed by atoms with E-state index in [9.17, 15) is 0 Å². The molecule has 0 saturated heterocycles. The van der Waals surface area contributed by atoms with Crippen molar-refractivity contribution in [3.05, 3.63) is 58.1 Å². The molecule has 2 aromatic rings. The van der Waals surface area contributed by atoms with E-state index in [1.54, 1.807) is 0 Å². The number of hydrogen-bond donors (Lipinski definition) is 0. The summed E-state index contributed by atoms with van der Waals surface area (Å²) in [5.74, 6) is 1.33. The van der Waals surface area contributed by atoms with Gasteiger partial charge in [0.15, 0.2) is 0 Å². The van der Waals surface area contributed by atoms with Crippen LogP contribution in [0.4, 0.5) is 0 Å². The Hall–Kier alpha value is -1.22. The maximum absolute atomic E-state index is 4.57. The molecule has 0 amide bonds. The lowest BCUT2D eigenvalue weighted by molar-refractivity contribution is 0.791. The van der Waals surface area contributed by atoms with Gasteiger partial charge in [-0.1, -0.05) is 41.9 Å². The Labute approximate surface area is 110 Å². The standard InChI is InChI=1S/C14H15BrN2/c1-10(2)13-7-8-16-14(17-13)9-11-3-5-12(15)6-4-11/h3-8,10H,9H2,1-2H3. The van der Waals surface area contributed by atoms with Crippen molar-refractivity contribution in [3.63, 3.8) is 0 Å². The molecule has 3 heteroatoms. The van der Waals surface area contributed by atoms with E-state index in [1.165, 1.54) is 5.56 Å². The third kappa shape index (κ3) is 3.37. The molecule has 0 N–H and O–H groups in total. The van der Waals surface area contributed by atoms with Gasteiger partial charge in [-0.3, -0.25) is 0 Å². The van der Waals surface area contributed by atoms with Crippen LogP contribution in [-0.4, -0.2) is 9.97 Å². The molecule has 2 nitrogen and oxygen atoms in total. The molecule has 0 saturated carbocycles. The third-order valence-electron chi connectivity index (χ3n) is 2.59. The predicted octanol–water partition coefficient (Wildman–Crippen LogP) is 3.95. The van der Waals surface area contributed by atoms with Crippen LogP contribution in [0, 0.1) is 0 Å². The van der Waals surface area contributed by atoms with E-state index >= 15 is 0 Å². The Balaban J connectivity index is 2.18. The van der Waals surface area contributed by atoms with Crippen LogP contribution in [0.25, 0.3) is 0 Å². The van der Waals surface area contributed by atoms with Gasteiger partial charge in [0.05, 0.1) is 0 Å². The lowest BCUT2D eigenvalue weighted by Gasteiger charge is -2.06. The van der Waals surface area contributed by atoms with E-state index in [0.717, 1.165) is 22.4 Å².